The van der Waals surface area contributed by atoms with Crippen molar-refractivity contribution in [2.75, 3.05) is 19.8 Å². The summed E-state index contributed by atoms with van der Waals surface area (Å²) in [5.74, 6) is -0.113. The Morgan fingerprint density at radius 2 is 1.96 bits per heavy atom. The predicted octanol–water partition coefficient (Wildman–Crippen LogP) is 3.72. The number of carbonyl (C=O) groups excluding carboxylic acids is 1. The van der Waals surface area contributed by atoms with Crippen molar-refractivity contribution in [2.24, 2.45) is 0 Å². The van der Waals surface area contributed by atoms with Crippen molar-refractivity contribution in [2.45, 2.75) is 25.3 Å². The first-order valence-corrected chi connectivity index (χ1v) is 10.0. The lowest BCUT2D eigenvalue weighted by Gasteiger charge is -2.34. The average molecular weight is 383 g/mol. The molecule has 3 aromatic rings. The van der Waals surface area contributed by atoms with Crippen molar-refractivity contribution >= 4 is 28.2 Å². The number of hydrogen-bond donors (Lipinski definition) is 0. The first-order valence-electron chi connectivity index (χ1n) is 9.16. The topological polar surface area (TPSA) is 59.8 Å². The van der Waals surface area contributed by atoms with Gasteiger partial charge < -0.3 is 14.1 Å². The van der Waals surface area contributed by atoms with Crippen LogP contribution in [0.4, 0.5) is 0 Å². The summed E-state index contributed by atoms with van der Waals surface area (Å²) in [6.07, 6.45) is 2.39. The third-order valence-electron chi connectivity index (χ3n) is 4.92. The smallest absolute Gasteiger partial charge is 0.289 e. The average Bonchev–Trinajstić information content (AvgIpc) is 3.22. The molecular weight excluding hydrogens is 362 g/mol. The number of carbonyl (C=O) groups is 1. The van der Waals surface area contributed by atoms with E-state index < -0.39 is 0 Å². The maximum Gasteiger partial charge on any atom is 0.289 e. The minimum atomic E-state index is -0.221. The van der Waals surface area contributed by atoms with Crippen LogP contribution in [-0.2, 0) is 11.2 Å². The second kappa shape index (κ2) is 8.06. The fourth-order valence-electron chi connectivity index (χ4n) is 3.48. The zero-order chi connectivity index (χ0) is 18.6. The van der Waals surface area contributed by atoms with Crippen LogP contribution in [0.2, 0.25) is 0 Å². The van der Waals surface area contributed by atoms with E-state index in [4.69, 9.17) is 9.15 Å². The van der Waals surface area contributed by atoms with E-state index in [1.807, 2.05) is 16.3 Å². The summed E-state index contributed by atoms with van der Waals surface area (Å²) < 4.78 is 11.2. The second-order valence-corrected chi connectivity index (χ2v) is 7.67. The van der Waals surface area contributed by atoms with E-state index in [9.17, 15) is 9.59 Å². The Hall–Kier alpha value is -2.44. The van der Waals surface area contributed by atoms with Crippen molar-refractivity contribution in [1.82, 2.24) is 4.90 Å². The van der Waals surface area contributed by atoms with Crippen LogP contribution in [0.3, 0.4) is 0 Å². The number of ether oxygens (including phenoxy) is 1. The first-order chi connectivity index (χ1) is 13.2. The van der Waals surface area contributed by atoms with Crippen LogP contribution in [0.1, 0.15) is 28.3 Å². The summed E-state index contributed by atoms with van der Waals surface area (Å²) in [7, 11) is 0. The summed E-state index contributed by atoms with van der Waals surface area (Å²) in [5.41, 5.74) is 0.254. The molecule has 1 aliphatic heterocycles. The van der Waals surface area contributed by atoms with E-state index in [2.05, 4.69) is 6.07 Å². The summed E-state index contributed by atoms with van der Waals surface area (Å²) >= 11 is 1.69. The molecule has 6 heteroatoms. The Balaban J connectivity index is 1.63. The van der Waals surface area contributed by atoms with Crippen LogP contribution in [0.25, 0.3) is 11.0 Å². The quantitative estimate of drug-likeness (QED) is 0.674. The van der Waals surface area contributed by atoms with Crippen molar-refractivity contribution in [3.8, 4) is 0 Å². The summed E-state index contributed by atoms with van der Waals surface area (Å²) in [5, 5.41) is 2.53. The van der Waals surface area contributed by atoms with Gasteiger partial charge in [0.05, 0.1) is 5.39 Å². The number of benzene rings is 1. The summed E-state index contributed by atoms with van der Waals surface area (Å²) in [4.78, 5) is 28.7. The first kappa shape index (κ1) is 17.9. The Labute approximate surface area is 161 Å². The molecule has 0 aliphatic carbocycles. The largest absolute Gasteiger partial charge is 0.451 e. The molecule has 5 nitrogen and oxygen atoms in total. The van der Waals surface area contributed by atoms with Crippen LogP contribution < -0.4 is 5.43 Å². The van der Waals surface area contributed by atoms with Crippen LogP contribution in [0.5, 0.6) is 0 Å². The maximum atomic E-state index is 13.3. The van der Waals surface area contributed by atoms with Gasteiger partial charge >= 0.3 is 0 Å². The van der Waals surface area contributed by atoms with Crippen molar-refractivity contribution in [1.29, 1.82) is 0 Å². The Morgan fingerprint density at radius 3 is 2.74 bits per heavy atom. The van der Waals surface area contributed by atoms with Gasteiger partial charge in [-0.15, -0.1) is 11.3 Å². The van der Waals surface area contributed by atoms with Gasteiger partial charge in [-0.3, -0.25) is 9.59 Å². The summed E-state index contributed by atoms with van der Waals surface area (Å²) in [6.45, 7) is 1.89. The molecule has 0 unspecified atom stereocenters. The molecule has 1 aliphatic rings. The fraction of sp³-hybridized carbons (Fsp3) is 0.333. The number of thiophene rings is 1. The molecule has 0 spiro atoms. The van der Waals surface area contributed by atoms with Crippen molar-refractivity contribution in [3.63, 3.8) is 0 Å². The molecule has 0 radical (unpaired) electrons. The van der Waals surface area contributed by atoms with E-state index in [0.717, 1.165) is 19.3 Å². The van der Waals surface area contributed by atoms with Gasteiger partial charge in [0.1, 0.15) is 5.58 Å². The molecule has 1 amide bonds. The third-order valence-corrected chi connectivity index (χ3v) is 5.85. The van der Waals surface area contributed by atoms with Gasteiger partial charge in [0.15, 0.2) is 11.2 Å². The molecule has 0 atom stereocenters. The van der Waals surface area contributed by atoms with Gasteiger partial charge in [0, 0.05) is 36.7 Å². The van der Waals surface area contributed by atoms with E-state index in [-0.39, 0.29) is 23.1 Å². The van der Waals surface area contributed by atoms with Gasteiger partial charge in [0.25, 0.3) is 5.91 Å². The van der Waals surface area contributed by atoms with Crippen LogP contribution in [0.15, 0.2) is 57.1 Å². The molecule has 0 saturated carbocycles. The highest BCUT2D eigenvalue weighted by Crippen LogP contribution is 2.21. The molecule has 1 aromatic carbocycles. The second-order valence-electron chi connectivity index (χ2n) is 6.64. The van der Waals surface area contributed by atoms with Crippen molar-refractivity contribution in [3.05, 3.63) is 68.7 Å². The zero-order valence-electron chi connectivity index (χ0n) is 14.9. The monoisotopic (exact) mass is 383 g/mol. The minimum absolute atomic E-state index is 0.1000. The number of rotatable bonds is 5. The maximum absolute atomic E-state index is 13.3. The zero-order valence-corrected chi connectivity index (χ0v) is 15.7. The van der Waals surface area contributed by atoms with Crippen LogP contribution in [-0.4, -0.2) is 36.6 Å². The van der Waals surface area contributed by atoms with E-state index in [0.29, 0.717) is 30.7 Å². The molecule has 0 N–H and O–H groups in total. The molecule has 1 saturated heterocycles. The Morgan fingerprint density at radius 1 is 1.15 bits per heavy atom. The molecule has 3 heterocycles. The van der Waals surface area contributed by atoms with Gasteiger partial charge in [-0.1, -0.05) is 18.2 Å². The highest BCUT2D eigenvalue weighted by Gasteiger charge is 2.28. The highest BCUT2D eigenvalue weighted by molar-refractivity contribution is 7.09. The third kappa shape index (κ3) is 3.96. The van der Waals surface area contributed by atoms with Gasteiger partial charge in [-0.25, -0.2) is 0 Å². The van der Waals surface area contributed by atoms with Crippen LogP contribution >= 0.6 is 11.3 Å². The lowest BCUT2D eigenvalue weighted by molar-refractivity contribution is 0.0276. The fourth-order valence-corrected chi connectivity index (χ4v) is 4.18. The lowest BCUT2D eigenvalue weighted by Crippen LogP contribution is -2.44. The molecule has 1 fully saturated rings. The molecular formula is C21H21NO4S. The number of amides is 1. The molecule has 27 heavy (non-hydrogen) atoms. The standard InChI is InChI=1S/C21H21NO4S/c23-18-14-20(26-19-6-2-1-5-17(18)19)21(24)22(15-8-11-25-12-9-15)10-7-16-4-3-13-27-16/h1-6,13-15H,7-12H2. The number of nitrogens with zero attached hydrogens (tertiary/aromatic N) is 1. The highest BCUT2D eigenvalue weighted by atomic mass is 32.1. The number of hydrogen-bond acceptors (Lipinski definition) is 5. The molecule has 140 valence electrons. The number of para-hydroxylation sites is 1. The van der Waals surface area contributed by atoms with E-state index in [1.54, 1.807) is 35.6 Å². The molecule has 4 rings (SSSR count). The van der Waals surface area contributed by atoms with Crippen LogP contribution in [0, 0.1) is 0 Å². The SMILES string of the molecule is O=C(c1cc(=O)c2ccccc2o1)N(CCc1cccs1)C1CCOCC1. The number of fused-ring (bicyclic) bond motifs is 1. The molecule has 0 bridgehead atoms. The molecule has 2 aromatic heterocycles. The van der Waals surface area contributed by atoms with E-state index in [1.165, 1.54) is 10.9 Å². The van der Waals surface area contributed by atoms with E-state index >= 15 is 0 Å². The Bertz CT molecular complexity index is 973. The van der Waals surface area contributed by atoms with Gasteiger partial charge in [0.2, 0.25) is 0 Å². The predicted molar refractivity (Wildman–Crippen MR) is 105 cm³/mol. The Kier molecular flexibility index (Phi) is 5.36. The lowest BCUT2D eigenvalue weighted by atomic mass is 10.1. The minimum Gasteiger partial charge on any atom is -0.451 e. The van der Waals surface area contributed by atoms with Crippen molar-refractivity contribution < 1.29 is 13.9 Å². The summed E-state index contributed by atoms with van der Waals surface area (Å²) in [6, 6.07) is 12.5. The van der Waals surface area contributed by atoms with Gasteiger partial charge in [-0.05, 0) is 42.8 Å². The van der Waals surface area contributed by atoms with Gasteiger partial charge in [-0.2, -0.15) is 0 Å². The normalized spacial score (nSPS) is 15.1.